The Morgan fingerprint density at radius 3 is 2.56 bits per heavy atom. The topological polar surface area (TPSA) is 25.2 Å². The van der Waals surface area contributed by atoms with Crippen LogP contribution in [-0.4, -0.2) is 12.6 Å². The zero-order valence-corrected chi connectivity index (χ0v) is 12.1. The molecule has 0 spiro atoms. The van der Waals surface area contributed by atoms with Crippen LogP contribution in [0.3, 0.4) is 0 Å². The molecule has 1 N–H and O–H groups in total. The molecule has 1 aromatic heterocycles. The van der Waals surface area contributed by atoms with Gasteiger partial charge in [0.15, 0.2) is 0 Å². The quantitative estimate of drug-likeness (QED) is 0.584. The summed E-state index contributed by atoms with van der Waals surface area (Å²) in [5, 5.41) is 3.56. The van der Waals surface area contributed by atoms with Gasteiger partial charge in [0, 0.05) is 12.5 Å². The molecular formula is C16H29NO. The molecule has 18 heavy (non-hydrogen) atoms. The third kappa shape index (κ3) is 6.85. The van der Waals surface area contributed by atoms with E-state index in [2.05, 4.69) is 25.2 Å². The lowest BCUT2D eigenvalue weighted by Crippen LogP contribution is -2.30. The van der Waals surface area contributed by atoms with Crippen LogP contribution in [-0.2, 0) is 6.42 Å². The molecule has 1 heterocycles. The van der Waals surface area contributed by atoms with E-state index < -0.39 is 0 Å². The molecule has 0 aliphatic heterocycles. The Morgan fingerprint density at radius 2 is 1.89 bits per heavy atom. The predicted octanol–water partition coefficient (Wildman–Crippen LogP) is 4.55. The maximum absolute atomic E-state index is 5.43. The van der Waals surface area contributed by atoms with Crippen LogP contribution in [0, 0.1) is 0 Å². The van der Waals surface area contributed by atoms with Crippen molar-refractivity contribution in [3.05, 3.63) is 24.2 Å². The van der Waals surface area contributed by atoms with Crippen molar-refractivity contribution in [1.29, 1.82) is 0 Å². The zero-order chi connectivity index (χ0) is 13.1. The lowest BCUT2D eigenvalue weighted by Gasteiger charge is -2.16. The van der Waals surface area contributed by atoms with E-state index in [0.29, 0.717) is 6.04 Å². The lowest BCUT2D eigenvalue weighted by molar-refractivity contribution is 0.416. The zero-order valence-electron chi connectivity index (χ0n) is 12.1. The highest BCUT2D eigenvalue weighted by molar-refractivity contribution is 5.00. The highest BCUT2D eigenvalue weighted by atomic mass is 16.3. The van der Waals surface area contributed by atoms with E-state index in [1.807, 2.05) is 6.07 Å². The van der Waals surface area contributed by atoms with Crippen molar-refractivity contribution in [1.82, 2.24) is 5.32 Å². The molecule has 0 saturated heterocycles. The Hall–Kier alpha value is -0.760. The molecule has 1 atom stereocenters. The van der Waals surface area contributed by atoms with E-state index in [0.717, 1.165) is 18.7 Å². The number of hydrogen-bond acceptors (Lipinski definition) is 2. The Labute approximate surface area is 112 Å². The van der Waals surface area contributed by atoms with Crippen LogP contribution < -0.4 is 5.32 Å². The van der Waals surface area contributed by atoms with Gasteiger partial charge in [-0.2, -0.15) is 0 Å². The van der Waals surface area contributed by atoms with Gasteiger partial charge in [0.25, 0.3) is 0 Å². The van der Waals surface area contributed by atoms with Gasteiger partial charge >= 0.3 is 0 Å². The molecule has 0 aromatic carbocycles. The summed E-state index contributed by atoms with van der Waals surface area (Å²) in [6.07, 6.45) is 12.3. The molecule has 2 nitrogen and oxygen atoms in total. The third-order valence-electron chi connectivity index (χ3n) is 3.43. The van der Waals surface area contributed by atoms with E-state index in [1.54, 1.807) is 6.26 Å². The summed E-state index contributed by atoms with van der Waals surface area (Å²) in [6.45, 7) is 5.49. The fraction of sp³-hybridized carbons (Fsp3) is 0.750. The van der Waals surface area contributed by atoms with Crippen LogP contribution in [0.2, 0.25) is 0 Å². The summed E-state index contributed by atoms with van der Waals surface area (Å²) in [7, 11) is 0. The van der Waals surface area contributed by atoms with Crippen LogP contribution in [0.4, 0.5) is 0 Å². The summed E-state index contributed by atoms with van der Waals surface area (Å²) in [4.78, 5) is 0. The molecule has 1 aromatic rings. The SMILES string of the molecule is CCCCCCCCC(Cc1ccco1)NCC. The molecule has 0 amide bonds. The van der Waals surface area contributed by atoms with E-state index >= 15 is 0 Å². The van der Waals surface area contributed by atoms with Crippen LogP contribution in [0.1, 0.15) is 64.6 Å². The van der Waals surface area contributed by atoms with E-state index in [4.69, 9.17) is 4.42 Å². The standard InChI is InChI=1S/C16H29NO/c1-3-5-6-7-8-9-11-15(17-4-2)14-16-12-10-13-18-16/h10,12-13,15,17H,3-9,11,14H2,1-2H3. The third-order valence-corrected chi connectivity index (χ3v) is 3.43. The van der Waals surface area contributed by atoms with Crippen molar-refractivity contribution in [2.75, 3.05) is 6.54 Å². The van der Waals surface area contributed by atoms with Gasteiger partial charge in [0.2, 0.25) is 0 Å². The molecular weight excluding hydrogens is 222 g/mol. The Bertz CT molecular complexity index is 269. The minimum absolute atomic E-state index is 0.576. The largest absolute Gasteiger partial charge is 0.469 e. The molecule has 0 fully saturated rings. The summed E-state index contributed by atoms with van der Waals surface area (Å²) in [5.41, 5.74) is 0. The fourth-order valence-corrected chi connectivity index (χ4v) is 2.41. The molecule has 104 valence electrons. The predicted molar refractivity (Wildman–Crippen MR) is 77.9 cm³/mol. The Balaban J connectivity index is 2.13. The van der Waals surface area contributed by atoms with Crippen molar-refractivity contribution in [3.63, 3.8) is 0 Å². The molecule has 0 bridgehead atoms. The van der Waals surface area contributed by atoms with Gasteiger partial charge in [0.05, 0.1) is 6.26 Å². The fourth-order valence-electron chi connectivity index (χ4n) is 2.41. The molecule has 0 aliphatic rings. The summed E-state index contributed by atoms with van der Waals surface area (Å²) in [5.74, 6) is 1.10. The first kappa shape index (κ1) is 15.3. The number of unbranched alkanes of at least 4 members (excludes halogenated alkanes) is 5. The molecule has 0 aliphatic carbocycles. The smallest absolute Gasteiger partial charge is 0.105 e. The second-order valence-electron chi connectivity index (χ2n) is 5.09. The van der Waals surface area contributed by atoms with Gasteiger partial charge in [-0.25, -0.2) is 0 Å². The van der Waals surface area contributed by atoms with Crippen LogP contribution in [0.25, 0.3) is 0 Å². The number of furan rings is 1. The highest BCUT2D eigenvalue weighted by Crippen LogP contribution is 2.12. The van der Waals surface area contributed by atoms with Crippen molar-refractivity contribution in [2.24, 2.45) is 0 Å². The average molecular weight is 251 g/mol. The maximum Gasteiger partial charge on any atom is 0.105 e. The van der Waals surface area contributed by atoms with Crippen LogP contribution >= 0.6 is 0 Å². The number of nitrogens with one attached hydrogen (secondary N) is 1. The summed E-state index contributed by atoms with van der Waals surface area (Å²) < 4.78 is 5.43. The average Bonchev–Trinajstić information content (AvgIpc) is 2.86. The van der Waals surface area contributed by atoms with Gasteiger partial charge in [-0.15, -0.1) is 0 Å². The summed E-state index contributed by atoms with van der Waals surface area (Å²) >= 11 is 0. The van der Waals surface area contributed by atoms with Crippen molar-refractivity contribution < 1.29 is 4.42 Å². The number of likely N-dealkylation sites (N-methyl/N-ethyl adjacent to an activating group) is 1. The molecule has 1 rings (SSSR count). The number of rotatable bonds is 11. The van der Waals surface area contributed by atoms with E-state index in [9.17, 15) is 0 Å². The van der Waals surface area contributed by atoms with Crippen molar-refractivity contribution >= 4 is 0 Å². The minimum atomic E-state index is 0.576. The Kier molecular flexibility index (Phi) is 8.66. The highest BCUT2D eigenvalue weighted by Gasteiger charge is 2.09. The first-order valence-electron chi connectivity index (χ1n) is 7.62. The number of hydrogen-bond donors (Lipinski definition) is 1. The second kappa shape index (κ2) is 10.2. The van der Waals surface area contributed by atoms with Crippen LogP contribution in [0.5, 0.6) is 0 Å². The van der Waals surface area contributed by atoms with E-state index in [1.165, 1.54) is 44.9 Å². The first-order valence-corrected chi connectivity index (χ1v) is 7.62. The first-order chi connectivity index (χ1) is 8.86. The lowest BCUT2D eigenvalue weighted by atomic mass is 10.0. The molecule has 0 radical (unpaired) electrons. The normalized spacial score (nSPS) is 12.8. The van der Waals surface area contributed by atoms with Gasteiger partial charge in [-0.3, -0.25) is 0 Å². The van der Waals surface area contributed by atoms with Crippen LogP contribution in [0.15, 0.2) is 22.8 Å². The second-order valence-corrected chi connectivity index (χ2v) is 5.09. The van der Waals surface area contributed by atoms with Gasteiger partial charge < -0.3 is 9.73 Å². The van der Waals surface area contributed by atoms with Gasteiger partial charge in [-0.05, 0) is 25.1 Å². The van der Waals surface area contributed by atoms with E-state index in [-0.39, 0.29) is 0 Å². The van der Waals surface area contributed by atoms with Gasteiger partial charge in [0.1, 0.15) is 5.76 Å². The maximum atomic E-state index is 5.43. The van der Waals surface area contributed by atoms with Crippen molar-refractivity contribution in [3.8, 4) is 0 Å². The molecule has 2 heteroatoms. The van der Waals surface area contributed by atoms with Crippen molar-refractivity contribution in [2.45, 2.75) is 71.3 Å². The Morgan fingerprint density at radius 1 is 1.11 bits per heavy atom. The van der Waals surface area contributed by atoms with Gasteiger partial charge in [-0.1, -0.05) is 52.4 Å². The summed E-state index contributed by atoms with van der Waals surface area (Å²) in [6, 6.07) is 4.63. The molecule has 0 saturated carbocycles. The molecule has 1 unspecified atom stereocenters. The minimum Gasteiger partial charge on any atom is -0.469 e. The monoisotopic (exact) mass is 251 g/mol.